The molecule has 35 heavy (non-hydrogen) atoms. The lowest BCUT2D eigenvalue weighted by Crippen LogP contribution is -2.31. The second kappa shape index (κ2) is 9.76. The lowest BCUT2D eigenvalue weighted by Gasteiger charge is -2.16. The number of hydrogen-bond acceptors (Lipinski definition) is 11. The van der Waals surface area contributed by atoms with Crippen LogP contribution in [-0.4, -0.2) is 84.6 Å². The van der Waals surface area contributed by atoms with Crippen molar-refractivity contribution < 1.29 is 24.8 Å². The van der Waals surface area contributed by atoms with Gasteiger partial charge in [0.2, 0.25) is 0 Å². The van der Waals surface area contributed by atoms with Crippen LogP contribution in [0.2, 0.25) is 0 Å². The Hall–Kier alpha value is -2.67. The van der Waals surface area contributed by atoms with E-state index in [4.69, 9.17) is 14.5 Å². The average molecular weight is 503 g/mol. The number of aliphatic hydroxyl groups excluding tert-OH is 3. The Bertz CT molecular complexity index is 1210. The molecule has 11 nitrogen and oxygen atoms in total. The molecule has 0 bridgehead atoms. The van der Waals surface area contributed by atoms with E-state index in [0.29, 0.717) is 33.6 Å². The largest absolute Gasteiger partial charge is 0.493 e. The Morgan fingerprint density at radius 3 is 2.57 bits per heavy atom. The maximum Gasteiger partial charge on any atom is 0.191 e. The Labute approximate surface area is 206 Å². The maximum absolute atomic E-state index is 10.5. The van der Waals surface area contributed by atoms with Gasteiger partial charge in [-0.25, -0.2) is 14.6 Å². The minimum Gasteiger partial charge on any atom is -0.493 e. The van der Waals surface area contributed by atoms with Gasteiger partial charge in [0.05, 0.1) is 26.4 Å². The van der Waals surface area contributed by atoms with E-state index in [0.717, 1.165) is 24.2 Å². The van der Waals surface area contributed by atoms with Gasteiger partial charge in [-0.05, 0) is 30.5 Å². The predicted molar refractivity (Wildman–Crippen MR) is 130 cm³/mol. The molecule has 2 heterocycles. The Morgan fingerprint density at radius 1 is 1.09 bits per heavy atom. The summed E-state index contributed by atoms with van der Waals surface area (Å²) in [5.41, 5.74) is 2.10. The minimum atomic E-state index is -1.23. The molecule has 2 unspecified atom stereocenters. The molecule has 1 aromatic carbocycles. The lowest BCUT2D eigenvalue weighted by molar-refractivity contribution is -0.0253. The van der Waals surface area contributed by atoms with Crippen molar-refractivity contribution >= 4 is 28.7 Å². The van der Waals surface area contributed by atoms with E-state index in [1.165, 1.54) is 16.4 Å². The van der Waals surface area contributed by atoms with Crippen molar-refractivity contribution in [3.63, 3.8) is 0 Å². The molecule has 0 amide bonds. The number of benzene rings is 1. The summed E-state index contributed by atoms with van der Waals surface area (Å²) in [4.78, 5) is 9.37. The highest BCUT2D eigenvalue weighted by Crippen LogP contribution is 2.45. The van der Waals surface area contributed by atoms with Gasteiger partial charge in [0.15, 0.2) is 33.6 Å². The van der Waals surface area contributed by atoms with Gasteiger partial charge in [0.25, 0.3) is 0 Å². The molecule has 0 spiro atoms. The van der Waals surface area contributed by atoms with Crippen molar-refractivity contribution in [2.24, 2.45) is 0 Å². The van der Waals surface area contributed by atoms with E-state index in [9.17, 15) is 15.3 Å². The standard InChI is InChI=1S/C23H30N6O5S/c1-4-7-35-23-25-21(24-13-9-12(13)11-5-6-16(33-2)17(8-11)34-3)18-22(26-23)29(28-27-18)14-10-15(30)20(32)19(14)31/h5-6,8,12-15,19-20,30-32H,4,7,9-10H2,1-3H3,(H,24,25,26)/t12?,13?,14-,15+,19+,20-/m0/s1. The van der Waals surface area contributed by atoms with Crippen LogP contribution in [-0.2, 0) is 0 Å². The smallest absolute Gasteiger partial charge is 0.191 e. The number of methoxy groups -OCH3 is 2. The first-order valence-corrected chi connectivity index (χ1v) is 12.7. The summed E-state index contributed by atoms with van der Waals surface area (Å²) in [5.74, 6) is 3.11. The third kappa shape index (κ3) is 4.51. The molecule has 2 aromatic heterocycles. The number of nitrogens with zero attached hydrogens (tertiary/aromatic N) is 5. The van der Waals surface area contributed by atoms with E-state index in [1.54, 1.807) is 14.2 Å². The molecule has 2 fully saturated rings. The Kier molecular flexibility index (Phi) is 6.71. The number of rotatable bonds is 9. The Morgan fingerprint density at radius 2 is 1.89 bits per heavy atom. The van der Waals surface area contributed by atoms with Crippen molar-refractivity contribution in [3.8, 4) is 11.5 Å². The number of aromatic nitrogens is 5. The van der Waals surface area contributed by atoms with Crippen LogP contribution in [0.3, 0.4) is 0 Å². The predicted octanol–water partition coefficient (Wildman–Crippen LogP) is 1.74. The molecule has 2 aliphatic rings. The zero-order valence-corrected chi connectivity index (χ0v) is 20.6. The van der Waals surface area contributed by atoms with E-state index in [1.807, 2.05) is 18.2 Å². The molecular formula is C23H30N6O5S. The third-order valence-electron chi connectivity index (χ3n) is 6.62. The summed E-state index contributed by atoms with van der Waals surface area (Å²) in [5, 5.41) is 43.2. The highest BCUT2D eigenvalue weighted by Gasteiger charge is 2.44. The fraction of sp³-hybridized carbons (Fsp3) is 0.565. The SMILES string of the molecule is CCCSc1nc(NC2CC2c2ccc(OC)c(OC)c2)c2nnn([C@H]3C[C@@H](O)[C@H](O)[C@@H]3O)c2n1. The van der Waals surface area contributed by atoms with Crippen molar-refractivity contribution in [1.29, 1.82) is 0 Å². The van der Waals surface area contributed by atoms with E-state index in [-0.39, 0.29) is 18.4 Å². The van der Waals surface area contributed by atoms with Gasteiger partial charge in [-0.1, -0.05) is 30.0 Å². The number of ether oxygens (including phenoxy) is 2. The minimum absolute atomic E-state index is 0.154. The number of hydrogen-bond donors (Lipinski definition) is 4. The summed E-state index contributed by atoms with van der Waals surface area (Å²) in [6, 6.07) is 5.48. The van der Waals surface area contributed by atoms with Gasteiger partial charge in [-0.2, -0.15) is 0 Å². The van der Waals surface area contributed by atoms with E-state index >= 15 is 0 Å². The van der Waals surface area contributed by atoms with Crippen LogP contribution in [0.25, 0.3) is 11.2 Å². The molecule has 0 saturated heterocycles. The fourth-order valence-corrected chi connectivity index (χ4v) is 5.29. The zero-order chi connectivity index (χ0) is 24.7. The van der Waals surface area contributed by atoms with Gasteiger partial charge in [-0.3, -0.25) is 0 Å². The molecule has 0 radical (unpaired) electrons. The Balaban J connectivity index is 1.43. The van der Waals surface area contributed by atoms with Crippen molar-refractivity contribution in [1.82, 2.24) is 25.0 Å². The second-order valence-electron chi connectivity index (χ2n) is 8.97. The monoisotopic (exact) mass is 502 g/mol. The summed E-state index contributed by atoms with van der Waals surface area (Å²) in [6.07, 6.45) is -1.37. The van der Waals surface area contributed by atoms with Crippen molar-refractivity contribution in [2.75, 3.05) is 25.3 Å². The number of anilines is 1. The highest BCUT2D eigenvalue weighted by atomic mass is 32.2. The molecule has 188 valence electrons. The third-order valence-corrected chi connectivity index (χ3v) is 7.68. The van der Waals surface area contributed by atoms with Crippen LogP contribution in [0, 0.1) is 0 Å². The van der Waals surface area contributed by atoms with Crippen molar-refractivity contribution in [2.45, 2.75) is 67.7 Å². The number of aliphatic hydroxyl groups is 3. The first-order chi connectivity index (χ1) is 16.9. The summed E-state index contributed by atoms with van der Waals surface area (Å²) in [6.45, 7) is 2.09. The van der Waals surface area contributed by atoms with Crippen LogP contribution in [0.15, 0.2) is 23.4 Å². The van der Waals surface area contributed by atoms with Crippen LogP contribution >= 0.6 is 11.8 Å². The van der Waals surface area contributed by atoms with Gasteiger partial charge in [0.1, 0.15) is 12.2 Å². The highest BCUT2D eigenvalue weighted by molar-refractivity contribution is 7.99. The normalized spacial score (nSPS) is 27.8. The van der Waals surface area contributed by atoms with E-state index < -0.39 is 24.4 Å². The first kappa shape index (κ1) is 24.0. The molecule has 5 rings (SSSR count). The first-order valence-electron chi connectivity index (χ1n) is 11.7. The topological polar surface area (TPSA) is 148 Å². The molecule has 2 aliphatic carbocycles. The molecule has 2 saturated carbocycles. The fourth-order valence-electron chi connectivity index (χ4n) is 4.60. The van der Waals surface area contributed by atoms with Gasteiger partial charge in [0, 0.05) is 24.1 Å². The molecule has 4 N–H and O–H groups in total. The van der Waals surface area contributed by atoms with Gasteiger partial charge < -0.3 is 30.1 Å². The quantitative estimate of drug-likeness (QED) is 0.250. The summed E-state index contributed by atoms with van der Waals surface area (Å²) in [7, 11) is 3.24. The lowest BCUT2D eigenvalue weighted by atomic mass is 10.1. The zero-order valence-electron chi connectivity index (χ0n) is 19.8. The van der Waals surface area contributed by atoms with Crippen molar-refractivity contribution in [3.05, 3.63) is 23.8 Å². The maximum atomic E-state index is 10.5. The van der Waals surface area contributed by atoms with Crippen LogP contribution < -0.4 is 14.8 Å². The number of fused-ring (bicyclic) bond motifs is 1. The van der Waals surface area contributed by atoms with E-state index in [2.05, 4.69) is 27.5 Å². The summed E-state index contributed by atoms with van der Waals surface area (Å²) >= 11 is 1.54. The van der Waals surface area contributed by atoms with Crippen LogP contribution in [0.4, 0.5) is 5.82 Å². The van der Waals surface area contributed by atoms with Gasteiger partial charge >= 0.3 is 0 Å². The van der Waals surface area contributed by atoms with Crippen LogP contribution in [0.5, 0.6) is 11.5 Å². The molecular weight excluding hydrogens is 472 g/mol. The second-order valence-corrected chi connectivity index (χ2v) is 10.0. The number of nitrogens with one attached hydrogen (secondary N) is 1. The molecule has 0 aliphatic heterocycles. The molecule has 6 atom stereocenters. The number of thioether (sulfide) groups is 1. The molecule has 3 aromatic rings. The average Bonchev–Trinajstić information content (AvgIpc) is 3.43. The summed E-state index contributed by atoms with van der Waals surface area (Å²) < 4.78 is 12.3. The van der Waals surface area contributed by atoms with Crippen LogP contribution in [0.1, 0.15) is 43.7 Å². The molecule has 12 heteroatoms. The van der Waals surface area contributed by atoms with Gasteiger partial charge in [-0.15, -0.1) is 5.10 Å².